The molecule has 0 aliphatic rings. The van der Waals surface area contributed by atoms with Gasteiger partial charge in [0.15, 0.2) is 5.78 Å². The lowest BCUT2D eigenvalue weighted by Crippen LogP contribution is -2.62. The lowest BCUT2D eigenvalue weighted by atomic mass is 9.81. The Labute approximate surface area is 270 Å². The molecule has 8 nitrogen and oxygen atoms in total. The van der Waals surface area contributed by atoms with Crippen molar-refractivity contribution in [2.24, 2.45) is 11.8 Å². The topological polar surface area (TPSA) is 107 Å². The number of carboxylic acid groups (broad SMARTS) is 1. The normalized spacial score (nSPS) is 16.1. The summed E-state index contributed by atoms with van der Waals surface area (Å²) in [6.07, 6.45) is 1.26. The van der Waals surface area contributed by atoms with Crippen LogP contribution < -0.4 is 0 Å². The first-order valence-electron chi connectivity index (χ1n) is 16.2. The maximum absolute atomic E-state index is 14.9. The number of rotatable bonds is 18. The van der Waals surface area contributed by atoms with Crippen molar-refractivity contribution in [2.45, 2.75) is 117 Å². The number of carbonyl (C=O) groups is 3. The number of aliphatic hydroxyl groups is 1. The minimum atomic E-state index is -2.23. The zero-order valence-electron chi connectivity index (χ0n) is 28.8. The number of aliphatic carboxylic acids is 1. The fourth-order valence-corrected chi connectivity index (χ4v) is 5.83. The van der Waals surface area contributed by atoms with E-state index in [0.29, 0.717) is 31.4 Å². The third-order valence-electron chi connectivity index (χ3n) is 8.13. The molecule has 0 heterocycles. The van der Waals surface area contributed by atoms with Crippen LogP contribution in [0.15, 0.2) is 60.7 Å². The lowest BCUT2D eigenvalue weighted by Gasteiger charge is -2.41. The van der Waals surface area contributed by atoms with Crippen LogP contribution >= 0.6 is 0 Å². The standard InChI is InChI=1S/C37H56N2O6/c1-26(2)22-32(38(8)25-30-18-14-11-15-19-30)34(42)39(9)31(23-27(3)20-21-28(4)40)33(41)37(35(43)44,45-36(5,6)7)24-29-16-12-10-13-17-29/h10-19,26-28,31-32,40H,20-25H2,1-9H3,(H,43,44)/t27?,28?,31-,32-,37?/m0/s1. The number of ether oxygens (including phenoxy) is 1. The number of aliphatic hydroxyl groups excluding tert-OH is 1. The highest BCUT2D eigenvalue weighted by molar-refractivity contribution is 6.10. The molecule has 2 N–H and O–H groups in total. The average molecular weight is 625 g/mol. The molecular weight excluding hydrogens is 568 g/mol. The number of nitrogens with zero attached hydrogens (tertiary/aromatic N) is 2. The van der Waals surface area contributed by atoms with Gasteiger partial charge < -0.3 is 19.8 Å². The van der Waals surface area contributed by atoms with Crippen LogP contribution in [-0.2, 0) is 32.1 Å². The highest BCUT2D eigenvalue weighted by Crippen LogP contribution is 2.32. The maximum Gasteiger partial charge on any atom is 0.344 e. The summed E-state index contributed by atoms with van der Waals surface area (Å²) >= 11 is 0. The van der Waals surface area contributed by atoms with Crippen molar-refractivity contribution in [3.8, 4) is 0 Å². The highest BCUT2D eigenvalue weighted by Gasteiger charge is 2.54. The van der Waals surface area contributed by atoms with E-state index in [4.69, 9.17) is 4.74 Å². The second-order valence-electron chi connectivity index (χ2n) is 14.2. The van der Waals surface area contributed by atoms with Gasteiger partial charge in [0.1, 0.15) is 0 Å². The Morgan fingerprint density at radius 3 is 1.80 bits per heavy atom. The van der Waals surface area contributed by atoms with Gasteiger partial charge in [0.2, 0.25) is 11.5 Å². The Balaban J connectivity index is 2.62. The van der Waals surface area contributed by atoms with Crippen LogP contribution in [0, 0.1) is 11.8 Å². The fourth-order valence-electron chi connectivity index (χ4n) is 5.83. The molecule has 0 aliphatic heterocycles. The molecule has 0 saturated heterocycles. The van der Waals surface area contributed by atoms with E-state index in [1.165, 1.54) is 4.90 Å². The predicted octanol–water partition coefficient (Wildman–Crippen LogP) is 6.00. The second-order valence-corrected chi connectivity index (χ2v) is 14.2. The van der Waals surface area contributed by atoms with Gasteiger partial charge in [0.05, 0.1) is 23.8 Å². The summed E-state index contributed by atoms with van der Waals surface area (Å²) in [6, 6.07) is 17.3. The molecule has 45 heavy (non-hydrogen) atoms. The highest BCUT2D eigenvalue weighted by atomic mass is 16.6. The van der Waals surface area contributed by atoms with Crippen molar-refractivity contribution >= 4 is 17.7 Å². The van der Waals surface area contributed by atoms with Crippen molar-refractivity contribution in [3.05, 3.63) is 71.8 Å². The minimum absolute atomic E-state index is 0.0766. The van der Waals surface area contributed by atoms with Gasteiger partial charge in [-0.1, -0.05) is 81.4 Å². The summed E-state index contributed by atoms with van der Waals surface area (Å²) in [4.78, 5) is 46.0. The Bertz CT molecular complexity index is 1210. The monoisotopic (exact) mass is 624 g/mol. The number of likely N-dealkylation sites (N-methyl/N-ethyl adjacent to an activating group) is 2. The number of amides is 1. The minimum Gasteiger partial charge on any atom is -0.479 e. The molecule has 3 unspecified atom stereocenters. The second kappa shape index (κ2) is 17.0. The summed E-state index contributed by atoms with van der Waals surface area (Å²) in [5.41, 5.74) is -1.49. The molecule has 250 valence electrons. The van der Waals surface area contributed by atoms with Crippen LogP contribution in [0.5, 0.6) is 0 Å². The smallest absolute Gasteiger partial charge is 0.344 e. The summed E-state index contributed by atoms with van der Waals surface area (Å²) in [5, 5.41) is 20.7. The van der Waals surface area contributed by atoms with Gasteiger partial charge in [0, 0.05) is 20.0 Å². The van der Waals surface area contributed by atoms with E-state index in [1.807, 2.05) is 55.3 Å². The van der Waals surface area contributed by atoms with E-state index in [1.54, 1.807) is 59.0 Å². The van der Waals surface area contributed by atoms with Crippen molar-refractivity contribution in [1.82, 2.24) is 9.80 Å². The Hall–Kier alpha value is -3.07. The van der Waals surface area contributed by atoms with Gasteiger partial charge >= 0.3 is 5.97 Å². The fraction of sp³-hybridized carbons (Fsp3) is 0.595. The molecule has 8 heteroatoms. The van der Waals surface area contributed by atoms with E-state index in [-0.39, 0.29) is 30.6 Å². The molecule has 2 aromatic rings. The maximum atomic E-state index is 14.9. The van der Waals surface area contributed by atoms with Gasteiger partial charge in [-0.2, -0.15) is 0 Å². The lowest BCUT2D eigenvalue weighted by molar-refractivity contribution is -0.192. The average Bonchev–Trinajstić information content (AvgIpc) is 2.96. The molecule has 0 fully saturated rings. The van der Waals surface area contributed by atoms with Crippen molar-refractivity contribution < 1.29 is 29.3 Å². The number of hydrogen-bond acceptors (Lipinski definition) is 6. The molecule has 2 aromatic carbocycles. The van der Waals surface area contributed by atoms with Crippen LogP contribution in [0.3, 0.4) is 0 Å². The number of hydrogen-bond donors (Lipinski definition) is 2. The van der Waals surface area contributed by atoms with Crippen LogP contribution in [0.1, 0.15) is 85.3 Å². The van der Waals surface area contributed by atoms with Gasteiger partial charge in [-0.05, 0) is 83.4 Å². The van der Waals surface area contributed by atoms with E-state index < -0.39 is 41.1 Å². The predicted molar refractivity (Wildman–Crippen MR) is 179 cm³/mol. The van der Waals surface area contributed by atoms with Crippen LogP contribution in [0.2, 0.25) is 0 Å². The van der Waals surface area contributed by atoms with Crippen LogP contribution in [0.25, 0.3) is 0 Å². The van der Waals surface area contributed by atoms with E-state index in [9.17, 15) is 24.6 Å². The Kier molecular flexibility index (Phi) is 14.4. The number of carbonyl (C=O) groups excluding carboxylic acids is 2. The zero-order chi connectivity index (χ0) is 33.9. The number of ketones is 1. The molecule has 2 rings (SSSR count). The van der Waals surface area contributed by atoms with Gasteiger partial charge in [-0.3, -0.25) is 14.5 Å². The summed E-state index contributed by atoms with van der Waals surface area (Å²) in [5.74, 6) is -2.15. The number of Topliss-reactive ketones (excluding diaryl/α,β-unsaturated/α-hetero) is 1. The van der Waals surface area contributed by atoms with Crippen molar-refractivity contribution in [3.63, 3.8) is 0 Å². The molecule has 0 saturated carbocycles. The molecule has 5 atom stereocenters. The first kappa shape index (κ1) is 38.1. The third kappa shape index (κ3) is 11.7. The zero-order valence-corrected chi connectivity index (χ0v) is 28.8. The summed E-state index contributed by atoms with van der Waals surface area (Å²) < 4.78 is 6.26. The molecule has 0 aliphatic carbocycles. The Morgan fingerprint density at radius 1 is 0.800 bits per heavy atom. The third-order valence-corrected chi connectivity index (χ3v) is 8.13. The Morgan fingerprint density at radius 2 is 1.33 bits per heavy atom. The quantitative estimate of drug-likeness (QED) is 0.196. The molecule has 1 amide bonds. The first-order chi connectivity index (χ1) is 21.0. The van der Waals surface area contributed by atoms with Crippen LogP contribution in [0.4, 0.5) is 0 Å². The summed E-state index contributed by atoms with van der Waals surface area (Å²) in [6.45, 7) is 13.5. The molecule has 0 spiro atoms. The van der Waals surface area contributed by atoms with Crippen LogP contribution in [-0.4, -0.2) is 81.2 Å². The number of benzene rings is 2. The molecule has 0 aromatic heterocycles. The molecule has 0 radical (unpaired) electrons. The van der Waals surface area contributed by atoms with Crippen molar-refractivity contribution in [2.75, 3.05) is 14.1 Å². The van der Waals surface area contributed by atoms with Gasteiger partial charge in [0.25, 0.3) is 0 Å². The largest absolute Gasteiger partial charge is 0.479 e. The van der Waals surface area contributed by atoms with Crippen molar-refractivity contribution in [1.29, 1.82) is 0 Å². The van der Waals surface area contributed by atoms with Gasteiger partial charge in [-0.25, -0.2) is 4.79 Å². The molecular formula is C37H56N2O6. The molecule has 0 bridgehead atoms. The first-order valence-corrected chi connectivity index (χ1v) is 16.2. The van der Waals surface area contributed by atoms with E-state index >= 15 is 0 Å². The SMILES string of the molecule is CC(C)C[C@@H](C(=O)N(C)[C@@H](CC(C)CCC(C)O)C(=O)C(Cc1ccccc1)(OC(C)(C)C)C(=O)O)N(C)Cc1ccccc1. The number of carboxylic acids is 1. The summed E-state index contributed by atoms with van der Waals surface area (Å²) in [7, 11) is 3.52. The van der Waals surface area contributed by atoms with E-state index in [0.717, 1.165) is 5.56 Å². The van der Waals surface area contributed by atoms with Gasteiger partial charge in [-0.15, -0.1) is 0 Å². The van der Waals surface area contributed by atoms with E-state index in [2.05, 4.69) is 13.8 Å².